The van der Waals surface area contributed by atoms with E-state index in [1.54, 1.807) is 18.2 Å². The molecule has 0 fully saturated rings. The topological polar surface area (TPSA) is 97.4 Å². The van der Waals surface area contributed by atoms with Gasteiger partial charge in [-0.3, -0.25) is 14.4 Å². The first-order valence-electron chi connectivity index (χ1n) is 8.00. The Morgan fingerprint density at radius 1 is 1.08 bits per heavy atom. The van der Waals surface area contributed by atoms with Crippen LogP contribution in [0.3, 0.4) is 0 Å². The summed E-state index contributed by atoms with van der Waals surface area (Å²) >= 11 is 0. The highest BCUT2D eigenvalue weighted by atomic mass is 16.5. The first kappa shape index (κ1) is 19.6. The monoisotopic (exact) mass is 366 g/mol. The van der Waals surface area contributed by atoms with Crippen molar-refractivity contribution in [1.29, 1.82) is 0 Å². The summed E-state index contributed by atoms with van der Waals surface area (Å²) < 4.78 is 25.4. The number of esters is 3. The first-order valence-corrected chi connectivity index (χ1v) is 8.00. The summed E-state index contributed by atoms with van der Waals surface area (Å²) in [6.07, 6.45) is -0.0255. The molecule has 0 radical (unpaired) electrons. The van der Waals surface area contributed by atoms with Crippen LogP contribution in [0.4, 0.5) is 0 Å². The van der Waals surface area contributed by atoms with Gasteiger partial charge >= 0.3 is 17.9 Å². The highest BCUT2D eigenvalue weighted by Gasteiger charge is 2.46. The lowest BCUT2D eigenvalue weighted by Crippen LogP contribution is -2.40. The van der Waals surface area contributed by atoms with Gasteiger partial charge in [-0.2, -0.15) is 0 Å². The SMILES string of the molecule is COC(=O)CC1COc2c(OC)cccc2C1C(C(=O)OC)C(=O)OC. The van der Waals surface area contributed by atoms with E-state index < -0.39 is 35.7 Å². The van der Waals surface area contributed by atoms with E-state index in [0.29, 0.717) is 17.1 Å². The number of benzene rings is 1. The number of carbonyl (C=O) groups excluding carboxylic acids is 3. The lowest BCUT2D eigenvalue weighted by molar-refractivity contribution is -0.162. The third-order valence-electron chi connectivity index (χ3n) is 4.46. The molecule has 0 spiro atoms. The predicted octanol–water partition coefficient (Wildman–Crippen LogP) is 1.31. The van der Waals surface area contributed by atoms with Crippen molar-refractivity contribution in [3.05, 3.63) is 23.8 Å². The van der Waals surface area contributed by atoms with Gasteiger partial charge in [-0.1, -0.05) is 12.1 Å². The minimum Gasteiger partial charge on any atom is -0.493 e. The molecule has 0 amide bonds. The number of methoxy groups -OCH3 is 4. The third kappa shape index (κ3) is 3.74. The summed E-state index contributed by atoms with van der Waals surface area (Å²) in [5.41, 5.74) is 0.574. The van der Waals surface area contributed by atoms with Crippen LogP contribution in [0, 0.1) is 11.8 Å². The summed E-state index contributed by atoms with van der Waals surface area (Å²) in [6.45, 7) is 0.109. The molecule has 26 heavy (non-hydrogen) atoms. The standard InChI is InChI=1S/C18H22O8/c1-22-12-7-5-6-11-14(15(17(20)24-3)18(21)25-4)10(8-13(19)23-2)9-26-16(11)12/h5-7,10,14-15H,8-9H2,1-4H3. The molecule has 2 rings (SSSR count). The van der Waals surface area contributed by atoms with E-state index in [-0.39, 0.29) is 13.0 Å². The number of hydrogen-bond acceptors (Lipinski definition) is 8. The fourth-order valence-electron chi connectivity index (χ4n) is 3.24. The average Bonchev–Trinajstić information content (AvgIpc) is 2.67. The predicted molar refractivity (Wildman–Crippen MR) is 88.9 cm³/mol. The van der Waals surface area contributed by atoms with E-state index in [0.717, 1.165) is 0 Å². The lowest BCUT2D eigenvalue weighted by atomic mass is 9.74. The molecule has 142 valence electrons. The highest BCUT2D eigenvalue weighted by Crippen LogP contribution is 2.47. The van der Waals surface area contributed by atoms with Crippen LogP contribution in [-0.2, 0) is 28.6 Å². The Hall–Kier alpha value is -2.77. The van der Waals surface area contributed by atoms with E-state index in [2.05, 4.69) is 0 Å². The van der Waals surface area contributed by atoms with Crippen molar-refractivity contribution in [3.63, 3.8) is 0 Å². The minimum atomic E-state index is -1.24. The van der Waals surface area contributed by atoms with E-state index in [1.807, 2.05) is 0 Å². The zero-order chi connectivity index (χ0) is 19.3. The number of rotatable bonds is 6. The third-order valence-corrected chi connectivity index (χ3v) is 4.46. The van der Waals surface area contributed by atoms with Crippen molar-refractivity contribution in [3.8, 4) is 11.5 Å². The number of ether oxygens (including phenoxy) is 5. The number of para-hydroxylation sites is 1. The van der Waals surface area contributed by atoms with E-state index in [4.69, 9.17) is 23.7 Å². The Kier molecular flexibility index (Phi) is 6.43. The molecule has 0 aliphatic carbocycles. The van der Waals surface area contributed by atoms with Crippen LogP contribution >= 0.6 is 0 Å². The molecule has 1 aromatic carbocycles. The second kappa shape index (κ2) is 8.55. The Balaban J connectivity index is 2.57. The second-order valence-corrected chi connectivity index (χ2v) is 5.78. The maximum atomic E-state index is 12.4. The molecular weight excluding hydrogens is 344 g/mol. The zero-order valence-corrected chi connectivity index (χ0v) is 15.1. The fraction of sp³-hybridized carbons (Fsp3) is 0.500. The summed E-state index contributed by atoms with van der Waals surface area (Å²) in [5, 5.41) is 0. The lowest BCUT2D eigenvalue weighted by Gasteiger charge is -2.36. The van der Waals surface area contributed by atoms with Gasteiger partial charge < -0.3 is 23.7 Å². The Morgan fingerprint density at radius 3 is 2.27 bits per heavy atom. The average molecular weight is 366 g/mol. The molecule has 2 atom stereocenters. The molecule has 0 aromatic heterocycles. The Morgan fingerprint density at radius 2 is 1.73 bits per heavy atom. The number of carbonyl (C=O) groups is 3. The fourth-order valence-corrected chi connectivity index (χ4v) is 3.24. The molecule has 8 nitrogen and oxygen atoms in total. The van der Waals surface area contributed by atoms with Crippen LogP contribution in [0.15, 0.2) is 18.2 Å². The van der Waals surface area contributed by atoms with Gasteiger partial charge in [0.15, 0.2) is 17.4 Å². The molecular formula is C18H22O8. The van der Waals surface area contributed by atoms with Crippen LogP contribution in [0.25, 0.3) is 0 Å². The summed E-state index contributed by atoms with van der Waals surface area (Å²) in [5.74, 6) is -3.47. The van der Waals surface area contributed by atoms with Crippen molar-refractivity contribution in [2.45, 2.75) is 12.3 Å². The molecule has 0 N–H and O–H groups in total. The molecule has 0 saturated carbocycles. The van der Waals surface area contributed by atoms with Crippen molar-refractivity contribution < 1.29 is 38.1 Å². The summed E-state index contributed by atoms with van der Waals surface area (Å²) in [7, 11) is 5.15. The van der Waals surface area contributed by atoms with Crippen LogP contribution in [0.5, 0.6) is 11.5 Å². The van der Waals surface area contributed by atoms with Crippen LogP contribution < -0.4 is 9.47 Å². The van der Waals surface area contributed by atoms with Crippen molar-refractivity contribution in [2.24, 2.45) is 11.8 Å². The van der Waals surface area contributed by atoms with Gasteiger partial charge in [0.1, 0.15) is 0 Å². The van der Waals surface area contributed by atoms with Crippen molar-refractivity contribution in [2.75, 3.05) is 35.0 Å². The van der Waals surface area contributed by atoms with Crippen LogP contribution in [-0.4, -0.2) is 53.0 Å². The second-order valence-electron chi connectivity index (χ2n) is 5.78. The quantitative estimate of drug-likeness (QED) is 0.422. The van der Waals surface area contributed by atoms with Gasteiger partial charge in [0, 0.05) is 17.4 Å². The smallest absolute Gasteiger partial charge is 0.320 e. The zero-order valence-electron chi connectivity index (χ0n) is 15.1. The first-order chi connectivity index (χ1) is 12.5. The van der Waals surface area contributed by atoms with E-state index >= 15 is 0 Å². The van der Waals surface area contributed by atoms with Crippen LogP contribution in [0.1, 0.15) is 17.9 Å². The molecule has 1 aliphatic rings. The van der Waals surface area contributed by atoms with Gasteiger partial charge in [-0.15, -0.1) is 0 Å². The molecule has 2 unspecified atom stereocenters. The van der Waals surface area contributed by atoms with Gasteiger partial charge in [0.05, 0.1) is 41.5 Å². The van der Waals surface area contributed by atoms with Gasteiger partial charge in [0.25, 0.3) is 0 Å². The maximum absolute atomic E-state index is 12.4. The van der Waals surface area contributed by atoms with Gasteiger partial charge in [0.2, 0.25) is 0 Å². The molecule has 8 heteroatoms. The van der Waals surface area contributed by atoms with Gasteiger partial charge in [-0.25, -0.2) is 0 Å². The summed E-state index contributed by atoms with van der Waals surface area (Å²) in [4.78, 5) is 36.6. The molecule has 0 saturated heterocycles. The molecule has 0 bridgehead atoms. The molecule has 1 aliphatic heterocycles. The number of fused-ring (bicyclic) bond motifs is 1. The van der Waals surface area contributed by atoms with E-state index in [1.165, 1.54) is 28.4 Å². The largest absolute Gasteiger partial charge is 0.493 e. The minimum absolute atomic E-state index is 0.0255. The van der Waals surface area contributed by atoms with Gasteiger partial charge in [-0.05, 0) is 6.07 Å². The molecule has 1 aromatic rings. The maximum Gasteiger partial charge on any atom is 0.320 e. The highest BCUT2D eigenvalue weighted by molar-refractivity contribution is 5.96. The Labute approximate surface area is 151 Å². The van der Waals surface area contributed by atoms with Crippen LogP contribution in [0.2, 0.25) is 0 Å². The Bertz CT molecular complexity index is 668. The number of hydrogen-bond donors (Lipinski definition) is 0. The molecule has 1 heterocycles. The summed E-state index contributed by atoms with van der Waals surface area (Å²) in [6, 6.07) is 5.16. The van der Waals surface area contributed by atoms with Crippen molar-refractivity contribution >= 4 is 17.9 Å². The normalized spacial score (nSPS) is 18.3. The van der Waals surface area contributed by atoms with Crippen molar-refractivity contribution in [1.82, 2.24) is 0 Å². The van der Waals surface area contributed by atoms with E-state index in [9.17, 15) is 14.4 Å².